The number of anilines is 2. The second-order valence-electron chi connectivity index (χ2n) is 6.03. The third-order valence-corrected chi connectivity index (χ3v) is 6.17. The summed E-state index contributed by atoms with van der Waals surface area (Å²) in [5, 5.41) is 6.61. The quantitative estimate of drug-likeness (QED) is 0.771. The minimum atomic E-state index is -0.0185. The number of thiazole rings is 2. The van der Waals surface area contributed by atoms with Gasteiger partial charge in [0.2, 0.25) is 5.91 Å². The molecule has 124 valence electrons. The van der Waals surface area contributed by atoms with Crippen molar-refractivity contribution in [2.45, 2.75) is 19.8 Å². The number of hydrogen-bond acceptors (Lipinski definition) is 6. The minimum Gasteiger partial charge on any atom is -0.347 e. The zero-order valence-corrected chi connectivity index (χ0v) is 15.0. The summed E-state index contributed by atoms with van der Waals surface area (Å²) in [5.74, 6) is 0.0464. The Kier molecular flexibility index (Phi) is 4.20. The van der Waals surface area contributed by atoms with Gasteiger partial charge in [0, 0.05) is 18.5 Å². The molecule has 1 aliphatic rings. The molecule has 1 aromatic carbocycles. The number of hydrogen-bond donors (Lipinski definition) is 1. The SMILES string of the molecule is Cc1csc(NC(=O)[C@H]2CCCN(c3nc4ccccc4s3)C2)n1. The zero-order valence-electron chi connectivity index (χ0n) is 13.4. The van der Waals surface area contributed by atoms with E-state index in [9.17, 15) is 4.79 Å². The van der Waals surface area contributed by atoms with Crippen LogP contribution in [0.1, 0.15) is 18.5 Å². The lowest BCUT2D eigenvalue weighted by molar-refractivity contribution is -0.120. The highest BCUT2D eigenvalue weighted by atomic mass is 32.1. The van der Waals surface area contributed by atoms with E-state index in [-0.39, 0.29) is 11.8 Å². The summed E-state index contributed by atoms with van der Waals surface area (Å²) in [7, 11) is 0. The molecule has 7 heteroatoms. The van der Waals surface area contributed by atoms with Gasteiger partial charge in [-0.2, -0.15) is 0 Å². The van der Waals surface area contributed by atoms with Gasteiger partial charge < -0.3 is 10.2 Å². The Morgan fingerprint density at radius 2 is 2.21 bits per heavy atom. The number of nitrogens with zero attached hydrogens (tertiary/aromatic N) is 3. The van der Waals surface area contributed by atoms with Gasteiger partial charge in [-0.25, -0.2) is 9.97 Å². The van der Waals surface area contributed by atoms with E-state index in [1.54, 1.807) is 11.3 Å². The molecule has 3 aromatic rings. The number of amides is 1. The van der Waals surface area contributed by atoms with Crippen LogP contribution < -0.4 is 10.2 Å². The maximum Gasteiger partial charge on any atom is 0.231 e. The van der Waals surface area contributed by atoms with Crippen LogP contribution in [0.25, 0.3) is 10.2 Å². The van der Waals surface area contributed by atoms with Crippen molar-refractivity contribution in [2.24, 2.45) is 5.92 Å². The number of benzene rings is 1. The normalized spacial score (nSPS) is 18.0. The van der Waals surface area contributed by atoms with Gasteiger partial charge in [0.15, 0.2) is 10.3 Å². The summed E-state index contributed by atoms with van der Waals surface area (Å²) in [5.41, 5.74) is 1.97. The number of nitrogens with one attached hydrogen (secondary N) is 1. The molecular formula is C17H18N4OS2. The molecule has 0 unspecified atom stereocenters. The van der Waals surface area contributed by atoms with Crippen molar-refractivity contribution < 1.29 is 4.79 Å². The lowest BCUT2D eigenvalue weighted by Gasteiger charge is -2.31. The number of carbonyl (C=O) groups is 1. The average molecular weight is 358 g/mol. The summed E-state index contributed by atoms with van der Waals surface area (Å²) < 4.78 is 1.19. The third kappa shape index (κ3) is 3.14. The summed E-state index contributed by atoms with van der Waals surface area (Å²) in [6.45, 7) is 3.61. The van der Waals surface area contributed by atoms with E-state index in [1.807, 2.05) is 30.5 Å². The van der Waals surface area contributed by atoms with Crippen LogP contribution in [0.3, 0.4) is 0 Å². The fraction of sp³-hybridized carbons (Fsp3) is 0.353. The second kappa shape index (κ2) is 6.49. The van der Waals surface area contributed by atoms with Gasteiger partial charge in [0.05, 0.1) is 21.8 Å². The molecular weight excluding hydrogens is 340 g/mol. The van der Waals surface area contributed by atoms with Crippen LogP contribution in [0.4, 0.5) is 10.3 Å². The van der Waals surface area contributed by atoms with E-state index in [1.165, 1.54) is 16.0 Å². The molecule has 1 amide bonds. The largest absolute Gasteiger partial charge is 0.347 e. The molecule has 0 aliphatic carbocycles. The van der Waals surface area contributed by atoms with Crippen LogP contribution >= 0.6 is 22.7 Å². The number of aryl methyl sites for hydroxylation is 1. The average Bonchev–Trinajstić information content (AvgIpc) is 3.21. The van der Waals surface area contributed by atoms with Crippen LogP contribution in [-0.2, 0) is 4.79 Å². The van der Waals surface area contributed by atoms with Crippen molar-refractivity contribution in [1.29, 1.82) is 0 Å². The number of rotatable bonds is 3. The zero-order chi connectivity index (χ0) is 16.5. The molecule has 1 saturated heterocycles. The predicted molar refractivity (Wildman–Crippen MR) is 100 cm³/mol. The monoisotopic (exact) mass is 358 g/mol. The van der Waals surface area contributed by atoms with Crippen molar-refractivity contribution in [3.63, 3.8) is 0 Å². The van der Waals surface area contributed by atoms with Gasteiger partial charge in [-0.15, -0.1) is 11.3 Å². The summed E-state index contributed by atoms with van der Waals surface area (Å²) in [6, 6.07) is 8.17. The van der Waals surface area contributed by atoms with Crippen molar-refractivity contribution in [3.05, 3.63) is 35.3 Å². The van der Waals surface area contributed by atoms with Gasteiger partial charge >= 0.3 is 0 Å². The summed E-state index contributed by atoms with van der Waals surface area (Å²) in [6.07, 6.45) is 1.92. The van der Waals surface area contributed by atoms with E-state index in [2.05, 4.69) is 21.3 Å². The number of fused-ring (bicyclic) bond motifs is 1. The van der Waals surface area contributed by atoms with Gasteiger partial charge in [0.1, 0.15) is 0 Å². The molecule has 1 N–H and O–H groups in total. The molecule has 1 fully saturated rings. The third-order valence-electron chi connectivity index (χ3n) is 4.19. The first-order valence-corrected chi connectivity index (χ1v) is 9.72. The second-order valence-corrected chi connectivity index (χ2v) is 7.90. The van der Waals surface area contributed by atoms with Crippen molar-refractivity contribution in [2.75, 3.05) is 23.3 Å². The molecule has 0 spiro atoms. The van der Waals surface area contributed by atoms with Crippen LogP contribution in [0.5, 0.6) is 0 Å². The van der Waals surface area contributed by atoms with Crippen LogP contribution in [0.2, 0.25) is 0 Å². The molecule has 24 heavy (non-hydrogen) atoms. The molecule has 2 aromatic heterocycles. The number of piperidine rings is 1. The molecule has 1 aliphatic heterocycles. The van der Waals surface area contributed by atoms with Crippen LogP contribution in [-0.4, -0.2) is 29.0 Å². The fourth-order valence-corrected chi connectivity index (χ4v) is 4.67. The van der Waals surface area contributed by atoms with Gasteiger partial charge in [0.25, 0.3) is 0 Å². The number of aromatic nitrogens is 2. The van der Waals surface area contributed by atoms with E-state index >= 15 is 0 Å². The Hall–Kier alpha value is -1.99. The van der Waals surface area contributed by atoms with Gasteiger partial charge in [-0.3, -0.25) is 4.79 Å². The Labute approximate surface area is 148 Å². The Bertz CT molecular complexity index is 839. The molecule has 0 bridgehead atoms. The van der Waals surface area contributed by atoms with E-state index in [0.29, 0.717) is 5.13 Å². The molecule has 4 rings (SSSR count). The van der Waals surface area contributed by atoms with E-state index in [0.717, 1.165) is 42.3 Å². The first-order valence-electron chi connectivity index (χ1n) is 8.02. The maximum absolute atomic E-state index is 12.5. The molecule has 1 atom stereocenters. The Morgan fingerprint density at radius 1 is 1.33 bits per heavy atom. The number of carbonyl (C=O) groups excluding carboxylic acids is 1. The maximum atomic E-state index is 12.5. The first-order chi connectivity index (χ1) is 11.7. The standard InChI is InChI=1S/C17H18N4OS2/c1-11-10-23-16(18-11)20-15(22)12-5-4-8-21(9-12)17-19-13-6-2-3-7-14(13)24-17/h2-3,6-7,10,12H,4-5,8-9H2,1H3,(H,18,20,22)/t12-/m0/s1. The fourth-order valence-electron chi connectivity index (χ4n) is 2.98. The lowest BCUT2D eigenvalue weighted by atomic mass is 9.97. The first kappa shape index (κ1) is 15.5. The predicted octanol–water partition coefficient (Wildman–Crippen LogP) is 3.92. The van der Waals surface area contributed by atoms with E-state index < -0.39 is 0 Å². The Morgan fingerprint density at radius 3 is 3.00 bits per heavy atom. The lowest BCUT2D eigenvalue weighted by Crippen LogP contribution is -2.40. The number of para-hydroxylation sites is 1. The molecule has 0 radical (unpaired) electrons. The Balaban J connectivity index is 1.47. The van der Waals surface area contributed by atoms with Crippen LogP contribution in [0, 0.1) is 12.8 Å². The summed E-state index contributed by atoms with van der Waals surface area (Å²) in [4.78, 5) is 23.8. The van der Waals surface area contributed by atoms with Crippen molar-refractivity contribution in [3.8, 4) is 0 Å². The van der Waals surface area contributed by atoms with E-state index in [4.69, 9.17) is 4.98 Å². The molecule has 3 heterocycles. The smallest absolute Gasteiger partial charge is 0.231 e. The topological polar surface area (TPSA) is 58.1 Å². The highest BCUT2D eigenvalue weighted by Gasteiger charge is 2.27. The van der Waals surface area contributed by atoms with Crippen LogP contribution in [0.15, 0.2) is 29.6 Å². The molecule has 0 saturated carbocycles. The highest BCUT2D eigenvalue weighted by molar-refractivity contribution is 7.22. The van der Waals surface area contributed by atoms with Gasteiger partial charge in [-0.1, -0.05) is 23.5 Å². The van der Waals surface area contributed by atoms with Crippen molar-refractivity contribution >= 4 is 49.1 Å². The summed E-state index contributed by atoms with van der Waals surface area (Å²) >= 11 is 3.17. The van der Waals surface area contributed by atoms with Gasteiger partial charge in [-0.05, 0) is 31.9 Å². The van der Waals surface area contributed by atoms with Crippen molar-refractivity contribution in [1.82, 2.24) is 9.97 Å². The molecule has 5 nitrogen and oxygen atoms in total. The highest BCUT2D eigenvalue weighted by Crippen LogP contribution is 2.31. The minimum absolute atomic E-state index is 0.0185.